The zero-order chi connectivity index (χ0) is 13.7. The Bertz CT molecular complexity index is 430. The van der Waals surface area contributed by atoms with E-state index in [0.717, 1.165) is 13.1 Å². The number of likely N-dealkylation sites (N-methyl/N-ethyl adjacent to an activating group) is 1. The SMILES string of the molecule is CCN(CC1CCC1)C(=O)COc1ccccc1N. The van der Waals surface area contributed by atoms with Gasteiger partial charge in [-0.3, -0.25) is 4.79 Å². The largest absolute Gasteiger partial charge is 0.482 e. The highest BCUT2D eigenvalue weighted by Crippen LogP contribution is 2.27. The molecule has 1 saturated carbocycles. The Kier molecular flexibility index (Phi) is 4.66. The summed E-state index contributed by atoms with van der Waals surface area (Å²) in [6.45, 7) is 3.67. The van der Waals surface area contributed by atoms with Gasteiger partial charge >= 0.3 is 0 Å². The second kappa shape index (κ2) is 6.45. The Morgan fingerprint density at radius 1 is 1.42 bits per heavy atom. The number of carbonyl (C=O) groups excluding carboxylic acids is 1. The number of rotatable bonds is 6. The standard InChI is InChI=1S/C15H22N2O2/c1-2-17(10-12-6-5-7-12)15(18)11-19-14-9-4-3-8-13(14)16/h3-4,8-9,12H,2,5-7,10-11,16H2,1H3. The summed E-state index contributed by atoms with van der Waals surface area (Å²) < 4.78 is 5.50. The van der Waals surface area contributed by atoms with Gasteiger partial charge in [0.05, 0.1) is 5.69 Å². The maximum absolute atomic E-state index is 12.1. The lowest BCUT2D eigenvalue weighted by Gasteiger charge is -2.31. The number of amides is 1. The Balaban J connectivity index is 1.83. The summed E-state index contributed by atoms with van der Waals surface area (Å²) in [5, 5.41) is 0. The quantitative estimate of drug-likeness (QED) is 0.800. The zero-order valence-corrected chi connectivity index (χ0v) is 11.5. The third-order valence-corrected chi connectivity index (χ3v) is 3.71. The van der Waals surface area contributed by atoms with Crippen LogP contribution in [0.5, 0.6) is 5.75 Å². The van der Waals surface area contributed by atoms with Crippen LogP contribution in [0.2, 0.25) is 0 Å². The van der Waals surface area contributed by atoms with Gasteiger partial charge in [0.2, 0.25) is 0 Å². The van der Waals surface area contributed by atoms with Crippen LogP contribution in [-0.4, -0.2) is 30.5 Å². The van der Waals surface area contributed by atoms with Gasteiger partial charge in [-0.1, -0.05) is 18.6 Å². The number of hydrogen-bond donors (Lipinski definition) is 1. The summed E-state index contributed by atoms with van der Waals surface area (Å²) in [5.74, 6) is 1.30. The highest BCUT2D eigenvalue weighted by molar-refractivity contribution is 5.78. The van der Waals surface area contributed by atoms with E-state index in [9.17, 15) is 4.79 Å². The van der Waals surface area contributed by atoms with Crippen LogP contribution in [0.15, 0.2) is 24.3 Å². The molecular weight excluding hydrogens is 240 g/mol. The van der Waals surface area contributed by atoms with E-state index in [0.29, 0.717) is 17.4 Å². The van der Waals surface area contributed by atoms with Gasteiger partial charge < -0.3 is 15.4 Å². The van der Waals surface area contributed by atoms with E-state index in [4.69, 9.17) is 10.5 Å². The van der Waals surface area contributed by atoms with E-state index < -0.39 is 0 Å². The van der Waals surface area contributed by atoms with Crippen LogP contribution in [0, 0.1) is 5.92 Å². The molecule has 1 amide bonds. The summed E-state index contributed by atoms with van der Waals surface area (Å²) >= 11 is 0. The lowest BCUT2D eigenvalue weighted by atomic mass is 9.85. The molecule has 0 unspecified atom stereocenters. The zero-order valence-electron chi connectivity index (χ0n) is 11.5. The third-order valence-electron chi connectivity index (χ3n) is 3.71. The predicted molar refractivity (Wildman–Crippen MR) is 75.9 cm³/mol. The number of ether oxygens (including phenoxy) is 1. The van der Waals surface area contributed by atoms with Gasteiger partial charge in [-0.2, -0.15) is 0 Å². The molecule has 0 spiro atoms. The van der Waals surface area contributed by atoms with Crippen molar-refractivity contribution in [2.45, 2.75) is 26.2 Å². The number of benzene rings is 1. The van der Waals surface area contributed by atoms with Crippen molar-refractivity contribution in [2.24, 2.45) is 5.92 Å². The summed E-state index contributed by atoms with van der Waals surface area (Å²) in [6.07, 6.45) is 3.79. The molecule has 0 bridgehead atoms. The van der Waals surface area contributed by atoms with Crippen molar-refractivity contribution in [3.8, 4) is 5.75 Å². The first kappa shape index (κ1) is 13.7. The first-order chi connectivity index (χ1) is 9.20. The average Bonchev–Trinajstić information content (AvgIpc) is 2.36. The molecule has 2 N–H and O–H groups in total. The Morgan fingerprint density at radius 3 is 2.74 bits per heavy atom. The number of nitrogens with zero attached hydrogens (tertiary/aromatic N) is 1. The number of nitrogen functional groups attached to an aromatic ring is 1. The van der Waals surface area contributed by atoms with Crippen LogP contribution < -0.4 is 10.5 Å². The van der Waals surface area contributed by atoms with Gasteiger partial charge in [-0.15, -0.1) is 0 Å². The van der Waals surface area contributed by atoms with Crippen molar-refractivity contribution in [3.05, 3.63) is 24.3 Å². The maximum Gasteiger partial charge on any atom is 0.260 e. The van der Waals surface area contributed by atoms with Crippen LogP contribution in [0.3, 0.4) is 0 Å². The minimum atomic E-state index is 0.0395. The molecule has 1 aromatic carbocycles. The minimum Gasteiger partial charge on any atom is -0.482 e. The molecule has 4 nitrogen and oxygen atoms in total. The normalized spacial score (nSPS) is 14.8. The summed E-state index contributed by atoms with van der Waals surface area (Å²) in [5.41, 5.74) is 6.34. The van der Waals surface area contributed by atoms with Gasteiger partial charge in [0.25, 0.3) is 5.91 Å². The first-order valence-electron chi connectivity index (χ1n) is 6.95. The Labute approximate surface area is 114 Å². The van der Waals surface area contributed by atoms with Crippen molar-refractivity contribution in [1.82, 2.24) is 4.90 Å². The van der Waals surface area contributed by atoms with Gasteiger partial charge in [-0.05, 0) is 37.8 Å². The molecule has 0 atom stereocenters. The molecule has 1 aromatic rings. The van der Waals surface area contributed by atoms with Crippen molar-refractivity contribution in [2.75, 3.05) is 25.4 Å². The second-order valence-corrected chi connectivity index (χ2v) is 5.06. The molecular formula is C15H22N2O2. The van der Waals surface area contributed by atoms with Gasteiger partial charge in [0.1, 0.15) is 5.75 Å². The second-order valence-electron chi connectivity index (χ2n) is 5.06. The van der Waals surface area contributed by atoms with Crippen molar-refractivity contribution >= 4 is 11.6 Å². The van der Waals surface area contributed by atoms with Crippen LogP contribution in [0.1, 0.15) is 26.2 Å². The molecule has 1 aliphatic carbocycles. The molecule has 1 fully saturated rings. The number of carbonyl (C=O) groups is 1. The van der Waals surface area contributed by atoms with Crippen LogP contribution in [0.25, 0.3) is 0 Å². The number of para-hydroxylation sites is 2. The summed E-state index contributed by atoms with van der Waals surface area (Å²) in [7, 11) is 0. The number of hydrogen-bond acceptors (Lipinski definition) is 3. The molecule has 0 saturated heterocycles. The van der Waals surface area contributed by atoms with E-state index in [1.54, 1.807) is 12.1 Å². The summed E-state index contributed by atoms with van der Waals surface area (Å²) in [6, 6.07) is 7.25. The van der Waals surface area contributed by atoms with E-state index in [1.807, 2.05) is 24.0 Å². The highest BCUT2D eigenvalue weighted by atomic mass is 16.5. The average molecular weight is 262 g/mol. The van der Waals surface area contributed by atoms with E-state index in [-0.39, 0.29) is 12.5 Å². The van der Waals surface area contributed by atoms with Gasteiger partial charge in [0, 0.05) is 13.1 Å². The smallest absolute Gasteiger partial charge is 0.260 e. The fourth-order valence-electron chi connectivity index (χ4n) is 2.24. The fraction of sp³-hybridized carbons (Fsp3) is 0.533. The third kappa shape index (κ3) is 3.63. The van der Waals surface area contributed by atoms with E-state index in [1.165, 1.54) is 19.3 Å². The van der Waals surface area contributed by atoms with Gasteiger partial charge in [-0.25, -0.2) is 0 Å². The van der Waals surface area contributed by atoms with Crippen molar-refractivity contribution in [1.29, 1.82) is 0 Å². The fourth-order valence-corrected chi connectivity index (χ4v) is 2.24. The number of anilines is 1. The van der Waals surface area contributed by atoms with Gasteiger partial charge in [0.15, 0.2) is 6.61 Å². The van der Waals surface area contributed by atoms with Crippen molar-refractivity contribution in [3.63, 3.8) is 0 Å². The molecule has 0 heterocycles. The number of nitrogens with two attached hydrogens (primary N) is 1. The minimum absolute atomic E-state index is 0.0395. The van der Waals surface area contributed by atoms with Crippen molar-refractivity contribution < 1.29 is 9.53 Å². The molecule has 0 radical (unpaired) electrons. The van der Waals surface area contributed by atoms with Crippen LogP contribution in [0.4, 0.5) is 5.69 Å². The Hall–Kier alpha value is -1.71. The first-order valence-corrected chi connectivity index (χ1v) is 6.95. The molecule has 19 heavy (non-hydrogen) atoms. The molecule has 104 valence electrons. The lowest BCUT2D eigenvalue weighted by molar-refractivity contribution is -0.134. The summed E-state index contributed by atoms with van der Waals surface area (Å²) in [4.78, 5) is 14.0. The van der Waals surface area contributed by atoms with E-state index in [2.05, 4.69) is 0 Å². The monoisotopic (exact) mass is 262 g/mol. The topological polar surface area (TPSA) is 55.6 Å². The molecule has 1 aliphatic rings. The predicted octanol–water partition coefficient (Wildman–Crippen LogP) is 2.30. The lowest BCUT2D eigenvalue weighted by Crippen LogP contribution is -2.39. The van der Waals surface area contributed by atoms with Crippen LogP contribution in [-0.2, 0) is 4.79 Å². The van der Waals surface area contributed by atoms with Crippen LogP contribution >= 0.6 is 0 Å². The Morgan fingerprint density at radius 2 is 2.16 bits per heavy atom. The van der Waals surface area contributed by atoms with E-state index >= 15 is 0 Å². The molecule has 0 aromatic heterocycles. The maximum atomic E-state index is 12.1. The molecule has 0 aliphatic heterocycles. The molecule has 2 rings (SSSR count). The highest BCUT2D eigenvalue weighted by Gasteiger charge is 2.22. The molecule has 4 heteroatoms.